The van der Waals surface area contributed by atoms with Crippen LogP contribution >= 0.6 is 0 Å². The van der Waals surface area contributed by atoms with E-state index in [0.29, 0.717) is 13.0 Å². The molecule has 1 unspecified atom stereocenters. The third-order valence-corrected chi connectivity index (χ3v) is 2.73. The second kappa shape index (κ2) is 9.36. The van der Waals surface area contributed by atoms with Gasteiger partial charge in [0.05, 0.1) is 5.92 Å². The predicted octanol–water partition coefficient (Wildman–Crippen LogP) is 3.79. The van der Waals surface area contributed by atoms with E-state index in [1.54, 1.807) is 12.1 Å². The van der Waals surface area contributed by atoms with Gasteiger partial charge in [0.1, 0.15) is 5.82 Å². The van der Waals surface area contributed by atoms with Crippen molar-refractivity contribution < 1.29 is 14.3 Å². The third kappa shape index (κ3) is 5.28. The van der Waals surface area contributed by atoms with E-state index in [0.717, 1.165) is 12.2 Å². The quantitative estimate of drug-likeness (QED) is 0.888. The van der Waals surface area contributed by atoms with E-state index in [1.807, 2.05) is 32.6 Å². The SMILES string of the molecule is CC.CC.O=C(O)C1CCN(c2ccc(F)cc2)C1. The topological polar surface area (TPSA) is 40.5 Å². The molecule has 0 bridgehead atoms. The monoisotopic (exact) mass is 269 g/mol. The fraction of sp³-hybridized carbons (Fsp3) is 0.533. The van der Waals surface area contributed by atoms with Crippen LogP contribution in [0.4, 0.5) is 10.1 Å². The molecule has 108 valence electrons. The largest absolute Gasteiger partial charge is 0.481 e. The molecule has 1 heterocycles. The zero-order chi connectivity index (χ0) is 14.8. The Bertz CT molecular complexity index is 365. The van der Waals surface area contributed by atoms with Crippen molar-refractivity contribution in [2.45, 2.75) is 34.1 Å². The molecule has 4 heteroatoms. The van der Waals surface area contributed by atoms with E-state index in [9.17, 15) is 9.18 Å². The highest BCUT2D eigenvalue weighted by Crippen LogP contribution is 2.23. The van der Waals surface area contributed by atoms with Crippen molar-refractivity contribution in [1.82, 2.24) is 0 Å². The lowest BCUT2D eigenvalue weighted by Crippen LogP contribution is -2.22. The first kappa shape index (κ1) is 17.4. The van der Waals surface area contributed by atoms with Crippen molar-refractivity contribution in [3.8, 4) is 0 Å². The average molecular weight is 269 g/mol. The summed E-state index contributed by atoms with van der Waals surface area (Å²) in [6.07, 6.45) is 0.659. The first-order valence-corrected chi connectivity index (χ1v) is 6.90. The fourth-order valence-electron chi connectivity index (χ4n) is 1.85. The lowest BCUT2D eigenvalue weighted by atomic mass is 10.1. The highest BCUT2D eigenvalue weighted by Gasteiger charge is 2.27. The van der Waals surface area contributed by atoms with Gasteiger partial charge >= 0.3 is 5.97 Å². The molecule has 1 aromatic carbocycles. The Labute approximate surface area is 115 Å². The van der Waals surface area contributed by atoms with E-state index in [-0.39, 0.29) is 11.7 Å². The van der Waals surface area contributed by atoms with Crippen LogP contribution in [0.2, 0.25) is 0 Å². The minimum Gasteiger partial charge on any atom is -0.481 e. The Morgan fingerprint density at radius 1 is 1.21 bits per heavy atom. The second-order valence-corrected chi connectivity index (χ2v) is 3.75. The lowest BCUT2D eigenvalue weighted by Gasteiger charge is -2.17. The van der Waals surface area contributed by atoms with Crippen LogP contribution in [0.1, 0.15) is 34.1 Å². The maximum atomic E-state index is 12.7. The number of carboxylic acid groups (broad SMARTS) is 1. The molecule has 3 nitrogen and oxygen atoms in total. The van der Waals surface area contributed by atoms with Gasteiger partial charge in [0.15, 0.2) is 0 Å². The van der Waals surface area contributed by atoms with E-state index >= 15 is 0 Å². The van der Waals surface area contributed by atoms with Gasteiger partial charge in [0.25, 0.3) is 0 Å². The van der Waals surface area contributed by atoms with Gasteiger partial charge in [-0.2, -0.15) is 0 Å². The highest BCUT2D eigenvalue weighted by molar-refractivity contribution is 5.72. The minimum atomic E-state index is -0.750. The number of hydrogen-bond donors (Lipinski definition) is 1. The van der Waals surface area contributed by atoms with Crippen molar-refractivity contribution in [2.75, 3.05) is 18.0 Å². The van der Waals surface area contributed by atoms with Gasteiger partial charge < -0.3 is 10.0 Å². The zero-order valence-electron chi connectivity index (χ0n) is 12.2. The van der Waals surface area contributed by atoms with Crippen LogP contribution in [0.25, 0.3) is 0 Å². The van der Waals surface area contributed by atoms with Gasteiger partial charge in [0, 0.05) is 18.8 Å². The summed E-state index contributed by atoms with van der Waals surface area (Å²) in [5, 5.41) is 8.84. The van der Waals surface area contributed by atoms with Gasteiger partial charge in [0.2, 0.25) is 0 Å². The number of benzene rings is 1. The van der Waals surface area contributed by atoms with Gasteiger partial charge in [-0.05, 0) is 30.7 Å². The Kier molecular flexibility index (Phi) is 8.58. The Morgan fingerprint density at radius 3 is 2.16 bits per heavy atom. The molecule has 1 N–H and O–H groups in total. The summed E-state index contributed by atoms with van der Waals surface area (Å²) in [5.41, 5.74) is 0.889. The summed E-state index contributed by atoms with van der Waals surface area (Å²) < 4.78 is 12.7. The molecule has 0 aliphatic carbocycles. The number of anilines is 1. The fourth-order valence-corrected chi connectivity index (χ4v) is 1.85. The molecule has 1 fully saturated rings. The van der Waals surface area contributed by atoms with Crippen LogP contribution in [-0.2, 0) is 4.79 Å². The number of carboxylic acids is 1. The molecule has 0 amide bonds. The van der Waals surface area contributed by atoms with Crippen LogP contribution in [0.15, 0.2) is 24.3 Å². The van der Waals surface area contributed by atoms with Gasteiger partial charge in [-0.15, -0.1) is 0 Å². The molecule has 1 aliphatic heterocycles. The van der Waals surface area contributed by atoms with Crippen LogP contribution in [0.5, 0.6) is 0 Å². The second-order valence-electron chi connectivity index (χ2n) is 3.75. The summed E-state index contributed by atoms with van der Waals surface area (Å²) in [6, 6.07) is 6.14. The molecular formula is C15H24FNO2. The van der Waals surface area contributed by atoms with E-state index in [4.69, 9.17) is 5.11 Å². The van der Waals surface area contributed by atoms with Crippen molar-refractivity contribution in [3.63, 3.8) is 0 Å². The molecule has 1 atom stereocenters. The number of nitrogens with zero attached hydrogens (tertiary/aromatic N) is 1. The molecule has 0 saturated carbocycles. The number of hydrogen-bond acceptors (Lipinski definition) is 2. The normalized spacial score (nSPS) is 16.9. The summed E-state index contributed by atoms with van der Waals surface area (Å²) in [5.74, 6) is -1.32. The molecule has 1 saturated heterocycles. The maximum Gasteiger partial charge on any atom is 0.308 e. The maximum absolute atomic E-state index is 12.7. The summed E-state index contributed by atoms with van der Waals surface area (Å²) >= 11 is 0. The number of aliphatic carboxylic acids is 1. The van der Waals surface area contributed by atoms with Crippen LogP contribution in [-0.4, -0.2) is 24.2 Å². The van der Waals surface area contributed by atoms with E-state index in [1.165, 1.54) is 12.1 Å². The molecule has 0 spiro atoms. The van der Waals surface area contributed by atoms with E-state index < -0.39 is 5.97 Å². The minimum absolute atomic E-state index is 0.271. The van der Waals surface area contributed by atoms with Crippen LogP contribution in [0, 0.1) is 11.7 Å². The summed E-state index contributed by atoms with van der Waals surface area (Å²) in [4.78, 5) is 12.7. The standard InChI is InChI=1S/C11H12FNO2.2C2H6/c12-9-1-3-10(4-2-9)13-6-5-8(7-13)11(14)15;2*1-2/h1-4,8H,5-7H2,(H,14,15);2*1-2H3. The molecule has 0 radical (unpaired) electrons. The van der Waals surface area contributed by atoms with E-state index in [2.05, 4.69) is 0 Å². The van der Waals surface area contributed by atoms with Crippen molar-refractivity contribution in [2.24, 2.45) is 5.92 Å². The van der Waals surface area contributed by atoms with Crippen molar-refractivity contribution >= 4 is 11.7 Å². The highest BCUT2D eigenvalue weighted by atomic mass is 19.1. The molecule has 2 rings (SSSR count). The first-order valence-electron chi connectivity index (χ1n) is 6.90. The third-order valence-electron chi connectivity index (χ3n) is 2.73. The molecule has 0 aromatic heterocycles. The van der Waals surface area contributed by atoms with Gasteiger partial charge in [-0.3, -0.25) is 4.79 Å². The molecule has 19 heavy (non-hydrogen) atoms. The molecular weight excluding hydrogens is 245 g/mol. The van der Waals surface area contributed by atoms with Gasteiger partial charge in [-0.25, -0.2) is 4.39 Å². The smallest absolute Gasteiger partial charge is 0.308 e. The summed E-state index contributed by atoms with van der Waals surface area (Å²) in [7, 11) is 0. The predicted molar refractivity (Wildman–Crippen MR) is 77.1 cm³/mol. The summed E-state index contributed by atoms with van der Waals surface area (Å²) in [6.45, 7) is 9.24. The van der Waals surface area contributed by atoms with Crippen molar-refractivity contribution in [3.05, 3.63) is 30.1 Å². The lowest BCUT2D eigenvalue weighted by molar-refractivity contribution is -0.140. The number of halogens is 1. The molecule has 1 aromatic rings. The Balaban J connectivity index is 0.000000741. The van der Waals surface area contributed by atoms with Crippen LogP contribution < -0.4 is 4.90 Å². The zero-order valence-corrected chi connectivity index (χ0v) is 12.2. The van der Waals surface area contributed by atoms with Gasteiger partial charge in [-0.1, -0.05) is 27.7 Å². The number of rotatable bonds is 2. The first-order chi connectivity index (χ1) is 9.16. The van der Waals surface area contributed by atoms with Crippen LogP contribution in [0.3, 0.4) is 0 Å². The number of carbonyl (C=O) groups is 1. The Hall–Kier alpha value is -1.58. The Morgan fingerprint density at radius 2 is 1.74 bits per heavy atom. The molecule has 1 aliphatic rings. The average Bonchev–Trinajstić information content (AvgIpc) is 2.94. The van der Waals surface area contributed by atoms with Crippen molar-refractivity contribution in [1.29, 1.82) is 0 Å².